The van der Waals surface area contributed by atoms with Gasteiger partial charge < -0.3 is 19.6 Å². The Morgan fingerprint density at radius 1 is 1.34 bits per heavy atom. The van der Waals surface area contributed by atoms with E-state index in [4.69, 9.17) is 9.47 Å². The van der Waals surface area contributed by atoms with E-state index in [-0.39, 0.29) is 18.3 Å². The molecule has 3 aromatic rings. The van der Waals surface area contributed by atoms with Crippen LogP contribution in [0.25, 0.3) is 10.9 Å². The number of aliphatic hydroxyl groups is 1. The van der Waals surface area contributed by atoms with Crippen LogP contribution in [0, 0.1) is 0 Å². The minimum absolute atomic E-state index is 0.0726. The highest BCUT2D eigenvalue weighted by Crippen LogP contribution is 2.20. The third kappa shape index (κ3) is 5.50. The van der Waals surface area contributed by atoms with Gasteiger partial charge in [0.2, 0.25) is 0 Å². The Bertz CT molecular complexity index is 1080. The van der Waals surface area contributed by atoms with Crippen LogP contribution in [0.4, 0.5) is 0 Å². The van der Waals surface area contributed by atoms with Crippen LogP contribution in [-0.4, -0.2) is 67.7 Å². The Kier molecular flexibility index (Phi) is 7.46. The normalized spacial score (nSPS) is 16.3. The zero-order valence-corrected chi connectivity index (χ0v) is 18.4. The van der Waals surface area contributed by atoms with E-state index < -0.39 is 0 Å². The molecule has 10 nitrogen and oxygen atoms in total. The number of nitrogens with one attached hydrogen (secondary N) is 1. The lowest BCUT2D eigenvalue weighted by atomic mass is 10.1. The Morgan fingerprint density at radius 2 is 2.25 bits per heavy atom. The van der Waals surface area contributed by atoms with Crippen molar-refractivity contribution in [3.8, 4) is 5.75 Å². The number of aromatic amines is 1. The summed E-state index contributed by atoms with van der Waals surface area (Å²) >= 11 is 0. The first-order valence-electron chi connectivity index (χ1n) is 11.1. The molecule has 1 atom stereocenters. The zero-order chi connectivity index (χ0) is 22.3. The summed E-state index contributed by atoms with van der Waals surface area (Å²) in [6, 6.07) is 7.54. The summed E-state index contributed by atoms with van der Waals surface area (Å²) in [5.74, 6) is 1.48. The van der Waals surface area contributed by atoms with Crippen LogP contribution in [0.5, 0.6) is 5.75 Å². The largest absolute Gasteiger partial charge is 0.494 e. The molecule has 4 rings (SSSR count). The van der Waals surface area contributed by atoms with Crippen molar-refractivity contribution in [3.63, 3.8) is 0 Å². The van der Waals surface area contributed by atoms with Crippen molar-refractivity contribution in [1.29, 1.82) is 0 Å². The van der Waals surface area contributed by atoms with Gasteiger partial charge in [0.25, 0.3) is 5.56 Å². The molecule has 1 saturated heterocycles. The van der Waals surface area contributed by atoms with Crippen LogP contribution in [0.2, 0.25) is 0 Å². The zero-order valence-electron chi connectivity index (χ0n) is 18.4. The molecule has 0 bridgehead atoms. The molecule has 2 N–H and O–H groups in total. The molecule has 172 valence electrons. The molecule has 1 aliphatic heterocycles. The minimum Gasteiger partial charge on any atom is -0.494 e. The molecule has 0 radical (unpaired) electrons. The van der Waals surface area contributed by atoms with E-state index in [2.05, 4.69) is 25.4 Å². The van der Waals surface area contributed by atoms with Gasteiger partial charge in [-0.3, -0.25) is 9.69 Å². The van der Waals surface area contributed by atoms with Gasteiger partial charge in [0, 0.05) is 42.8 Å². The molecule has 1 fully saturated rings. The van der Waals surface area contributed by atoms with Crippen molar-refractivity contribution in [2.45, 2.75) is 51.9 Å². The lowest BCUT2D eigenvalue weighted by molar-refractivity contribution is 0.0915. The highest BCUT2D eigenvalue weighted by molar-refractivity contribution is 5.80. The second-order valence-electron chi connectivity index (χ2n) is 8.01. The second-order valence-corrected chi connectivity index (χ2v) is 8.01. The van der Waals surface area contributed by atoms with E-state index in [0.717, 1.165) is 36.1 Å². The molecule has 3 heterocycles. The van der Waals surface area contributed by atoms with Crippen LogP contribution in [0.15, 0.2) is 29.1 Å². The number of hydrogen-bond donors (Lipinski definition) is 2. The molecule has 0 unspecified atom stereocenters. The van der Waals surface area contributed by atoms with Crippen LogP contribution in [-0.2, 0) is 24.4 Å². The topological polar surface area (TPSA) is 118 Å². The minimum atomic E-state index is -0.130. The molecule has 0 amide bonds. The van der Waals surface area contributed by atoms with E-state index in [1.165, 1.54) is 0 Å². The second kappa shape index (κ2) is 10.7. The Balaban J connectivity index is 1.53. The number of H-pyrrole nitrogens is 1. The first-order valence-corrected chi connectivity index (χ1v) is 11.1. The van der Waals surface area contributed by atoms with E-state index in [1.54, 1.807) is 4.68 Å². The van der Waals surface area contributed by atoms with Gasteiger partial charge in [0.05, 0.1) is 25.8 Å². The lowest BCUT2D eigenvalue weighted by Crippen LogP contribution is -2.30. The fourth-order valence-corrected chi connectivity index (χ4v) is 4.01. The van der Waals surface area contributed by atoms with Gasteiger partial charge in [-0.2, -0.15) is 0 Å². The van der Waals surface area contributed by atoms with Crippen LogP contribution < -0.4 is 10.3 Å². The van der Waals surface area contributed by atoms with Gasteiger partial charge in [0.15, 0.2) is 5.82 Å². The van der Waals surface area contributed by atoms with Crippen molar-refractivity contribution in [2.75, 3.05) is 26.4 Å². The number of hydrogen-bond acceptors (Lipinski definition) is 8. The summed E-state index contributed by atoms with van der Waals surface area (Å²) in [6.45, 7) is 5.48. The van der Waals surface area contributed by atoms with Gasteiger partial charge in [0.1, 0.15) is 5.75 Å². The van der Waals surface area contributed by atoms with Gasteiger partial charge in [-0.15, -0.1) is 5.10 Å². The molecule has 2 aromatic heterocycles. The molecule has 0 aliphatic carbocycles. The number of aromatic nitrogens is 5. The monoisotopic (exact) mass is 442 g/mol. The highest BCUT2D eigenvalue weighted by Gasteiger charge is 2.20. The van der Waals surface area contributed by atoms with Crippen molar-refractivity contribution >= 4 is 10.9 Å². The number of fused-ring (bicyclic) bond motifs is 1. The third-order valence-corrected chi connectivity index (χ3v) is 5.60. The van der Waals surface area contributed by atoms with Crippen LogP contribution in [0.1, 0.15) is 37.6 Å². The number of nitrogens with zero attached hydrogens (tertiary/aromatic N) is 5. The van der Waals surface area contributed by atoms with Gasteiger partial charge >= 0.3 is 0 Å². The summed E-state index contributed by atoms with van der Waals surface area (Å²) in [7, 11) is 0. The molecule has 10 heteroatoms. The quantitative estimate of drug-likeness (QED) is 0.458. The first-order chi connectivity index (χ1) is 15.7. The van der Waals surface area contributed by atoms with E-state index >= 15 is 0 Å². The SMILES string of the molecule is CCOc1ccc2[nH]c(=O)c(CN(CCCO)Cc3nnnn3C[C@@H]3CCCO3)cc2c1. The maximum absolute atomic E-state index is 12.7. The van der Waals surface area contributed by atoms with E-state index in [1.807, 2.05) is 31.2 Å². The highest BCUT2D eigenvalue weighted by atomic mass is 16.5. The fourth-order valence-electron chi connectivity index (χ4n) is 4.01. The lowest BCUT2D eigenvalue weighted by Gasteiger charge is -2.21. The summed E-state index contributed by atoms with van der Waals surface area (Å²) in [6.07, 6.45) is 2.78. The van der Waals surface area contributed by atoms with E-state index in [9.17, 15) is 9.90 Å². The standard InChI is InChI=1S/C22H30N6O4/c1-2-31-18-6-7-20-16(12-18)11-17(22(30)23-20)13-27(8-4-9-29)15-21-24-25-26-28(21)14-19-5-3-10-32-19/h6-7,11-12,19,29H,2-5,8-10,13-15H2,1H3,(H,23,30)/t19-/m0/s1. The number of pyridine rings is 1. The third-order valence-electron chi connectivity index (χ3n) is 5.60. The maximum atomic E-state index is 12.7. The average molecular weight is 443 g/mol. The first kappa shape index (κ1) is 22.4. The summed E-state index contributed by atoms with van der Waals surface area (Å²) < 4.78 is 13.1. The summed E-state index contributed by atoms with van der Waals surface area (Å²) in [4.78, 5) is 17.8. The van der Waals surface area contributed by atoms with E-state index in [0.29, 0.717) is 50.6 Å². The van der Waals surface area contributed by atoms with Crippen molar-refractivity contribution < 1.29 is 14.6 Å². The van der Waals surface area contributed by atoms with Gasteiger partial charge in [-0.25, -0.2) is 4.68 Å². The van der Waals surface area contributed by atoms with Crippen molar-refractivity contribution in [3.05, 3.63) is 46.0 Å². The fraction of sp³-hybridized carbons (Fsp3) is 0.545. The average Bonchev–Trinajstić information content (AvgIpc) is 3.45. The number of ether oxygens (including phenoxy) is 2. The number of tetrazole rings is 1. The summed E-state index contributed by atoms with van der Waals surface area (Å²) in [5, 5.41) is 22.4. The number of rotatable bonds is 11. The maximum Gasteiger partial charge on any atom is 0.252 e. The van der Waals surface area contributed by atoms with Crippen molar-refractivity contribution in [2.24, 2.45) is 0 Å². The van der Waals surface area contributed by atoms with Gasteiger partial charge in [-0.05, 0) is 60.9 Å². The molecule has 32 heavy (non-hydrogen) atoms. The summed E-state index contributed by atoms with van der Waals surface area (Å²) in [5.41, 5.74) is 1.28. The van der Waals surface area contributed by atoms with Gasteiger partial charge in [-0.1, -0.05) is 0 Å². The predicted molar refractivity (Wildman–Crippen MR) is 118 cm³/mol. The molecular formula is C22H30N6O4. The number of aliphatic hydroxyl groups excluding tert-OH is 1. The predicted octanol–water partition coefficient (Wildman–Crippen LogP) is 1.48. The Labute approximate surface area is 186 Å². The Hall–Kier alpha value is -2.82. The smallest absolute Gasteiger partial charge is 0.252 e. The molecule has 1 aromatic carbocycles. The van der Waals surface area contributed by atoms with Crippen LogP contribution >= 0.6 is 0 Å². The van der Waals surface area contributed by atoms with Crippen LogP contribution in [0.3, 0.4) is 0 Å². The number of benzene rings is 1. The molecule has 1 aliphatic rings. The molecule has 0 spiro atoms. The molecular weight excluding hydrogens is 412 g/mol. The van der Waals surface area contributed by atoms with Crippen molar-refractivity contribution in [1.82, 2.24) is 30.1 Å². The molecule has 0 saturated carbocycles. The Morgan fingerprint density at radius 3 is 3.03 bits per heavy atom.